The van der Waals surface area contributed by atoms with Gasteiger partial charge in [-0.05, 0) is 50.2 Å². The van der Waals surface area contributed by atoms with Gasteiger partial charge in [0.15, 0.2) is 0 Å². The second-order valence-corrected chi connectivity index (χ2v) is 5.21. The normalized spacial score (nSPS) is 12.0. The topological polar surface area (TPSA) is 29.1 Å². The first kappa shape index (κ1) is 18.6. The van der Waals surface area contributed by atoms with Crippen LogP contribution in [0.2, 0.25) is 0 Å². The van der Waals surface area contributed by atoms with Gasteiger partial charge in [0.1, 0.15) is 0 Å². The second-order valence-electron chi connectivity index (χ2n) is 5.21. The quantitative estimate of drug-likeness (QED) is 0.374. The predicted molar refractivity (Wildman–Crippen MR) is 79.5 cm³/mol. The Labute approximate surface area is 120 Å². The molecule has 0 radical (unpaired) electrons. The third kappa shape index (κ3) is 13.0. The molecule has 0 heterocycles. The predicted octanol–water partition coefficient (Wildman–Crippen LogP) is 4.60. The van der Waals surface area contributed by atoms with Crippen LogP contribution in [0.3, 0.4) is 0 Å². The fourth-order valence-corrected chi connectivity index (χ4v) is 1.50. The summed E-state index contributed by atoms with van der Waals surface area (Å²) < 4.78 is 23.5. The van der Waals surface area contributed by atoms with Gasteiger partial charge in [-0.15, -0.1) is 0 Å². The van der Waals surface area contributed by atoms with Crippen molar-refractivity contribution in [2.45, 2.75) is 46.5 Å². The summed E-state index contributed by atoms with van der Waals surface area (Å²) in [5.41, 5.74) is 0.890. The highest BCUT2D eigenvalue weighted by Gasteiger charge is 1.98. The molecule has 0 aliphatic heterocycles. The van der Waals surface area contributed by atoms with Crippen LogP contribution in [-0.4, -0.2) is 12.5 Å². The van der Waals surface area contributed by atoms with Gasteiger partial charge in [0, 0.05) is 12.6 Å². The summed E-state index contributed by atoms with van der Waals surface area (Å²) in [6.45, 7) is 6.62. The van der Waals surface area contributed by atoms with Gasteiger partial charge in [-0.1, -0.05) is 26.0 Å². The number of allylic oxidation sites excluding steroid dienone is 4. The molecule has 0 rings (SSSR count). The van der Waals surface area contributed by atoms with Crippen LogP contribution in [0.5, 0.6) is 0 Å². The van der Waals surface area contributed by atoms with Crippen molar-refractivity contribution in [1.82, 2.24) is 5.32 Å². The molecule has 20 heavy (non-hydrogen) atoms. The first-order valence-corrected chi connectivity index (χ1v) is 7.05. The van der Waals surface area contributed by atoms with Crippen molar-refractivity contribution in [2.24, 2.45) is 5.92 Å². The molecule has 114 valence electrons. The number of carbonyl (C=O) groups excluding carboxylic acids is 1. The molecule has 1 N–H and O–H groups in total. The molecule has 0 aromatic heterocycles. The highest BCUT2D eigenvalue weighted by Crippen LogP contribution is 2.06. The Morgan fingerprint density at radius 3 is 2.45 bits per heavy atom. The van der Waals surface area contributed by atoms with E-state index < -0.39 is 6.08 Å². The van der Waals surface area contributed by atoms with E-state index in [1.165, 1.54) is 0 Å². The maximum Gasteiger partial charge on any atom is 0.266 e. The van der Waals surface area contributed by atoms with Crippen molar-refractivity contribution in [3.63, 3.8) is 0 Å². The third-order valence-electron chi connectivity index (χ3n) is 2.55. The Morgan fingerprint density at radius 2 is 1.85 bits per heavy atom. The van der Waals surface area contributed by atoms with Gasteiger partial charge in [0.25, 0.3) is 6.08 Å². The lowest BCUT2D eigenvalue weighted by Crippen LogP contribution is -2.25. The van der Waals surface area contributed by atoms with Crippen molar-refractivity contribution in [3.8, 4) is 0 Å². The summed E-state index contributed by atoms with van der Waals surface area (Å²) in [4.78, 5) is 11.5. The molecule has 0 fully saturated rings. The monoisotopic (exact) mass is 285 g/mol. The van der Waals surface area contributed by atoms with E-state index in [0.717, 1.165) is 30.9 Å². The van der Waals surface area contributed by atoms with Crippen molar-refractivity contribution < 1.29 is 13.6 Å². The van der Waals surface area contributed by atoms with Crippen molar-refractivity contribution in [2.75, 3.05) is 6.54 Å². The molecule has 0 spiro atoms. The number of halogens is 2. The highest BCUT2D eigenvalue weighted by molar-refractivity contribution is 5.88. The van der Waals surface area contributed by atoms with Crippen molar-refractivity contribution in [1.29, 1.82) is 0 Å². The minimum atomic E-state index is -1.60. The third-order valence-corrected chi connectivity index (χ3v) is 2.55. The molecule has 2 nitrogen and oxygen atoms in total. The highest BCUT2D eigenvalue weighted by atomic mass is 19.3. The lowest BCUT2D eigenvalue weighted by Gasteiger charge is -2.04. The maximum atomic E-state index is 11.8. The van der Waals surface area contributed by atoms with Gasteiger partial charge in [-0.3, -0.25) is 4.79 Å². The molecule has 0 aromatic rings. The van der Waals surface area contributed by atoms with E-state index in [1.807, 2.05) is 32.9 Å². The maximum absolute atomic E-state index is 11.8. The van der Waals surface area contributed by atoms with E-state index >= 15 is 0 Å². The van der Waals surface area contributed by atoms with Crippen LogP contribution in [0.15, 0.2) is 36.0 Å². The zero-order chi connectivity index (χ0) is 15.4. The zero-order valence-electron chi connectivity index (χ0n) is 12.6. The van der Waals surface area contributed by atoms with Crippen LogP contribution in [0, 0.1) is 5.92 Å². The first-order chi connectivity index (χ1) is 9.41. The molecular formula is C16H25F2NO. The molecule has 0 aromatic carbocycles. The molecule has 0 unspecified atom stereocenters. The second kappa shape index (κ2) is 11.4. The van der Waals surface area contributed by atoms with Gasteiger partial charge in [-0.25, -0.2) is 0 Å². The summed E-state index contributed by atoms with van der Waals surface area (Å²) in [5.74, 6) is 0.357. The Balaban J connectivity index is 3.83. The van der Waals surface area contributed by atoms with Crippen LogP contribution in [-0.2, 0) is 4.79 Å². The van der Waals surface area contributed by atoms with E-state index in [1.54, 1.807) is 6.08 Å². The van der Waals surface area contributed by atoms with Crippen molar-refractivity contribution in [3.05, 3.63) is 36.0 Å². The van der Waals surface area contributed by atoms with Crippen LogP contribution in [0.4, 0.5) is 8.78 Å². The summed E-state index contributed by atoms with van der Waals surface area (Å²) in [6.07, 6.45) is 7.65. The van der Waals surface area contributed by atoms with Crippen LogP contribution in [0.25, 0.3) is 0 Å². The largest absolute Gasteiger partial charge is 0.352 e. The van der Waals surface area contributed by atoms with Crippen molar-refractivity contribution >= 4 is 5.91 Å². The fraction of sp³-hybridized carbons (Fsp3) is 0.562. The number of hydrogen-bond donors (Lipinski definition) is 1. The summed E-state index contributed by atoms with van der Waals surface area (Å²) in [5, 5.41) is 2.82. The Kier molecular flexibility index (Phi) is 10.6. The van der Waals surface area contributed by atoms with Crippen LogP contribution >= 0.6 is 0 Å². The van der Waals surface area contributed by atoms with Gasteiger partial charge >= 0.3 is 0 Å². The minimum absolute atomic E-state index is 0.0793. The van der Waals surface area contributed by atoms with Gasteiger partial charge in [-0.2, -0.15) is 8.78 Å². The number of carbonyl (C=O) groups is 1. The smallest absolute Gasteiger partial charge is 0.266 e. The molecule has 0 bridgehead atoms. The molecule has 0 aliphatic carbocycles. The summed E-state index contributed by atoms with van der Waals surface area (Å²) in [6, 6.07) is 0. The van der Waals surface area contributed by atoms with Gasteiger partial charge < -0.3 is 5.32 Å². The Morgan fingerprint density at radius 1 is 1.20 bits per heavy atom. The average molecular weight is 285 g/mol. The summed E-state index contributed by atoms with van der Waals surface area (Å²) >= 11 is 0. The lowest BCUT2D eigenvalue weighted by molar-refractivity contribution is -0.116. The van der Waals surface area contributed by atoms with E-state index in [2.05, 4.69) is 5.32 Å². The fourth-order valence-electron chi connectivity index (χ4n) is 1.50. The molecule has 1 amide bonds. The number of rotatable bonds is 9. The van der Waals surface area contributed by atoms with E-state index in [9.17, 15) is 13.6 Å². The number of nitrogens with one attached hydrogen (secondary N) is 1. The van der Waals surface area contributed by atoms with Crippen LogP contribution < -0.4 is 5.32 Å². The average Bonchev–Trinajstić information content (AvgIpc) is 2.34. The molecule has 0 saturated heterocycles. The van der Waals surface area contributed by atoms with E-state index in [4.69, 9.17) is 0 Å². The molecule has 0 saturated carbocycles. The molecule has 0 atom stereocenters. The summed E-state index contributed by atoms with van der Waals surface area (Å²) in [7, 11) is 0. The van der Waals surface area contributed by atoms with E-state index in [0.29, 0.717) is 18.9 Å². The number of unbranched alkanes of at least 4 members (excludes halogenated alkanes) is 3. The SMILES string of the molecule is CC(C=CCCCCC=C(F)F)=CC(=O)NCC(C)C. The van der Waals surface area contributed by atoms with Crippen LogP contribution in [0.1, 0.15) is 46.5 Å². The standard InChI is InChI=1S/C16H25F2NO/c1-13(2)12-19-16(20)11-14(3)9-7-5-4-6-8-10-15(17)18/h7,9-11,13H,4-6,8,12H2,1-3H3,(H,19,20). The Bertz CT molecular complexity index is 367. The zero-order valence-corrected chi connectivity index (χ0v) is 12.6. The first-order valence-electron chi connectivity index (χ1n) is 7.05. The molecule has 4 heteroatoms. The molecule has 0 aliphatic rings. The van der Waals surface area contributed by atoms with Gasteiger partial charge in [0.2, 0.25) is 5.91 Å². The molecular weight excluding hydrogens is 260 g/mol. The Hall–Kier alpha value is -1.45. The minimum Gasteiger partial charge on any atom is -0.352 e. The van der Waals surface area contributed by atoms with E-state index in [-0.39, 0.29) is 5.91 Å². The van der Waals surface area contributed by atoms with Gasteiger partial charge in [0.05, 0.1) is 0 Å². The number of amides is 1. The lowest BCUT2D eigenvalue weighted by atomic mass is 10.1. The number of hydrogen-bond acceptors (Lipinski definition) is 1.